The SMILES string of the molecule is Cc1nc2ccc(-c3cc(Nc4ccc(Cl)cc4)nc(N4CCOCC4)n3)cc2n1CCCN1CCCC1. The third kappa shape index (κ3) is 5.62. The summed E-state index contributed by atoms with van der Waals surface area (Å²) in [6, 6.07) is 16.1. The van der Waals surface area contributed by atoms with Crippen LogP contribution in [0.3, 0.4) is 0 Å². The average Bonchev–Trinajstić information content (AvgIpc) is 3.57. The van der Waals surface area contributed by atoms with Gasteiger partial charge in [-0.3, -0.25) is 0 Å². The summed E-state index contributed by atoms with van der Waals surface area (Å²) in [5.41, 5.74) is 5.03. The highest BCUT2D eigenvalue weighted by molar-refractivity contribution is 6.30. The van der Waals surface area contributed by atoms with Gasteiger partial charge in [0.1, 0.15) is 11.6 Å². The van der Waals surface area contributed by atoms with E-state index < -0.39 is 0 Å². The number of rotatable bonds is 8. The highest BCUT2D eigenvalue weighted by atomic mass is 35.5. The number of imidazole rings is 1. The molecule has 0 aliphatic carbocycles. The predicted molar refractivity (Wildman–Crippen MR) is 154 cm³/mol. The van der Waals surface area contributed by atoms with Crippen LogP contribution in [-0.4, -0.2) is 70.4 Å². The molecule has 38 heavy (non-hydrogen) atoms. The van der Waals surface area contributed by atoms with Crippen LogP contribution in [0.25, 0.3) is 22.3 Å². The molecule has 0 unspecified atom stereocenters. The first-order chi connectivity index (χ1) is 18.6. The van der Waals surface area contributed by atoms with Crippen LogP contribution in [-0.2, 0) is 11.3 Å². The Morgan fingerprint density at radius 1 is 0.895 bits per heavy atom. The third-order valence-corrected chi connectivity index (χ3v) is 7.67. The molecule has 2 saturated heterocycles. The monoisotopic (exact) mass is 531 g/mol. The Morgan fingerprint density at radius 2 is 1.68 bits per heavy atom. The minimum atomic E-state index is 0.676. The first-order valence-electron chi connectivity index (χ1n) is 13.6. The molecule has 2 aromatic carbocycles. The van der Waals surface area contributed by atoms with E-state index in [9.17, 15) is 0 Å². The zero-order chi connectivity index (χ0) is 25.9. The van der Waals surface area contributed by atoms with Crippen LogP contribution in [0.2, 0.25) is 5.02 Å². The Balaban J connectivity index is 1.32. The van der Waals surface area contributed by atoms with Gasteiger partial charge in [0.15, 0.2) is 0 Å². The summed E-state index contributed by atoms with van der Waals surface area (Å²) in [5, 5.41) is 4.14. The Labute approximate surface area is 228 Å². The van der Waals surface area contributed by atoms with E-state index >= 15 is 0 Å². The topological polar surface area (TPSA) is 71.3 Å². The van der Waals surface area contributed by atoms with E-state index in [-0.39, 0.29) is 0 Å². The molecule has 1 N–H and O–H groups in total. The summed E-state index contributed by atoms with van der Waals surface area (Å²) < 4.78 is 7.92. The van der Waals surface area contributed by atoms with Crippen molar-refractivity contribution in [1.82, 2.24) is 24.4 Å². The Hall–Kier alpha value is -3.20. The highest BCUT2D eigenvalue weighted by Gasteiger charge is 2.18. The van der Waals surface area contributed by atoms with E-state index in [1.165, 1.54) is 25.9 Å². The molecule has 0 atom stereocenters. The number of morpholine rings is 1. The van der Waals surface area contributed by atoms with Gasteiger partial charge in [-0.15, -0.1) is 0 Å². The van der Waals surface area contributed by atoms with Crippen LogP contribution in [0.4, 0.5) is 17.5 Å². The molecule has 4 aromatic rings. The molecule has 2 aromatic heterocycles. The number of hydrogen-bond donors (Lipinski definition) is 1. The molecule has 2 aliphatic rings. The zero-order valence-corrected chi connectivity index (χ0v) is 22.6. The third-order valence-electron chi connectivity index (χ3n) is 7.41. The predicted octanol–water partition coefficient (Wildman–Crippen LogP) is 5.52. The molecule has 0 radical (unpaired) electrons. The summed E-state index contributed by atoms with van der Waals surface area (Å²) in [6.45, 7) is 9.58. The molecule has 4 heterocycles. The number of nitrogens with zero attached hydrogens (tertiary/aromatic N) is 6. The van der Waals surface area contributed by atoms with Crippen molar-refractivity contribution in [1.29, 1.82) is 0 Å². The molecule has 0 spiro atoms. The van der Waals surface area contributed by atoms with Crippen molar-refractivity contribution >= 4 is 40.1 Å². The van der Waals surface area contributed by atoms with Gasteiger partial charge in [-0.1, -0.05) is 17.7 Å². The van der Waals surface area contributed by atoms with E-state index in [2.05, 4.69) is 44.8 Å². The van der Waals surface area contributed by atoms with Crippen molar-refractivity contribution in [3.63, 3.8) is 0 Å². The fourth-order valence-electron chi connectivity index (χ4n) is 5.38. The lowest BCUT2D eigenvalue weighted by molar-refractivity contribution is 0.122. The van der Waals surface area contributed by atoms with Gasteiger partial charge in [-0.25, -0.2) is 9.97 Å². The number of aryl methyl sites for hydroxylation is 2. The summed E-state index contributed by atoms with van der Waals surface area (Å²) in [5.74, 6) is 2.51. The number of halogens is 1. The second kappa shape index (κ2) is 11.3. The number of nitrogens with one attached hydrogen (secondary N) is 1. The summed E-state index contributed by atoms with van der Waals surface area (Å²) in [7, 11) is 0. The normalized spacial score (nSPS) is 16.4. The summed E-state index contributed by atoms with van der Waals surface area (Å²) in [6.07, 6.45) is 3.79. The van der Waals surface area contributed by atoms with Crippen LogP contribution in [0, 0.1) is 6.92 Å². The van der Waals surface area contributed by atoms with Crippen LogP contribution in [0.15, 0.2) is 48.5 Å². The number of benzene rings is 2. The quantitative estimate of drug-likeness (QED) is 0.321. The van der Waals surface area contributed by atoms with Crippen LogP contribution >= 0.6 is 11.6 Å². The molecule has 8 nitrogen and oxygen atoms in total. The fourth-order valence-corrected chi connectivity index (χ4v) is 5.50. The number of fused-ring (bicyclic) bond motifs is 1. The maximum atomic E-state index is 6.09. The van der Waals surface area contributed by atoms with Gasteiger partial charge < -0.3 is 24.4 Å². The van der Waals surface area contributed by atoms with Gasteiger partial charge >= 0.3 is 0 Å². The van der Waals surface area contributed by atoms with E-state index in [1.54, 1.807) is 0 Å². The van der Waals surface area contributed by atoms with Crippen molar-refractivity contribution in [2.45, 2.75) is 32.7 Å². The maximum absolute atomic E-state index is 6.09. The van der Waals surface area contributed by atoms with E-state index in [0.29, 0.717) is 24.2 Å². The molecule has 0 saturated carbocycles. The number of anilines is 3. The van der Waals surface area contributed by atoms with Gasteiger partial charge in [0.2, 0.25) is 5.95 Å². The summed E-state index contributed by atoms with van der Waals surface area (Å²) >= 11 is 6.09. The van der Waals surface area contributed by atoms with Crippen molar-refractivity contribution in [2.24, 2.45) is 0 Å². The second-order valence-electron chi connectivity index (χ2n) is 10.1. The molecule has 2 fully saturated rings. The van der Waals surface area contributed by atoms with Crippen molar-refractivity contribution < 1.29 is 4.74 Å². The molecule has 0 amide bonds. The fraction of sp³-hybridized carbons (Fsp3) is 0.414. The number of likely N-dealkylation sites (tertiary alicyclic amines) is 1. The summed E-state index contributed by atoms with van der Waals surface area (Å²) in [4.78, 5) is 19.5. The maximum Gasteiger partial charge on any atom is 0.228 e. The number of hydrogen-bond acceptors (Lipinski definition) is 7. The van der Waals surface area contributed by atoms with Gasteiger partial charge in [-0.05, 0) is 82.2 Å². The standard InChI is InChI=1S/C29H34ClN7O/c1-21-31-25-10-5-22(19-27(25)37(21)14-4-13-35-11-2-3-12-35)26-20-28(32-24-8-6-23(30)7-9-24)34-29(33-26)36-15-17-38-18-16-36/h5-10,19-20H,2-4,11-18H2,1H3,(H,32,33,34). The largest absolute Gasteiger partial charge is 0.378 e. The molecule has 198 valence electrons. The van der Waals surface area contributed by atoms with Gasteiger partial charge in [0, 0.05) is 42.0 Å². The first-order valence-corrected chi connectivity index (χ1v) is 13.9. The Kier molecular flexibility index (Phi) is 7.44. The zero-order valence-electron chi connectivity index (χ0n) is 21.9. The van der Waals surface area contributed by atoms with E-state index in [4.69, 9.17) is 31.3 Å². The molecular weight excluding hydrogens is 498 g/mol. The van der Waals surface area contributed by atoms with Crippen molar-refractivity contribution in [3.05, 3.63) is 59.4 Å². The highest BCUT2D eigenvalue weighted by Crippen LogP contribution is 2.29. The molecule has 0 bridgehead atoms. The van der Waals surface area contributed by atoms with Crippen LogP contribution in [0.1, 0.15) is 25.1 Å². The lowest BCUT2D eigenvalue weighted by Crippen LogP contribution is -2.37. The van der Waals surface area contributed by atoms with E-state index in [1.807, 2.05) is 30.3 Å². The Morgan fingerprint density at radius 3 is 2.47 bits per heavy atom. The lowest BCUT2D eigenvalue weighted by Gasteiger charge is -2.27. The van der Waals surface area contributed by atoms with Crippen LogP contribution in [0.5, 0.6) is 0 Å². The van der Waals surface area contributed by atoms with Crippen LogP contribution < -0.4 is 10.2 Å². The van der Waals surface area contributed by atoms with E-state index in [0.717, 1.165) is 72.2 Å². The first kappa shape index (κ1) is 25.1. The lowest BCUT2D eigenvalue weighted by atomic mass is 10.1. The van der Waals surface area contributed by atoms with Gasteiger partial charge in [0.25, 0.3) is 0 Å². The van der Waals surface area contributed by atoms with Gasteiger partial charge in [0.05, 0.1) is 29.9 Å². The Bertz CT molecular complexity index is 1390. The van der Waals surface area contributed by atoms with Crippen molar-refractivity contribution in [3.8, 4) is 11.3 Å². The van der Waals surface area contributed by atoms with Gasteiger partial charge in [-0.2, -0.15) is 4.98 Å². The average molecular weight is 532 g/mol. The van der Waals surface area contributed by atoms with Crippen molar-refractivity contribution in [2.75, 3.05) is 56.2 Å². The number of aromatic nitrogens is 4. The minimum Gasteiger partial charge on any atom is -0.378 e. The smallest absolute Gasteiger partial charge is 0.228 e. The minimum absolute atomic E-state index is 0.676. The molecule has 2 aliphatic heterocycles. The molecule has 9 heteroatoms. The number of ether oxygens (including phenoxy) is 1. The molecular formula is C29H34ClN7O. The molecule has 6 rings (SSSR count). The second-order valence-corrected chi connectivity index (χ2v) is 10.5.